The van der Waals surface area contributed by atoms with Crippen molar-refractivity contribution in [1.82, 2.24) is 0 Å². The molecule has 1 aliphatic rings. The SMILES string of the molecule is Cc1cc(C)[n+](-c2ccc3c(c2)Oc2ccccc2O3)c(C)c1. The Morgan fingerprint density at radius 3 is 1.87 bits per heavy atom. The lowest BCUT2D eigenvalue weighted by atomic mass is 10.1. The lowest BCUT2D eigenvalue weighted by molar-refractivity contribution is -0.609. The Bertz CT molecular complexity index is 892. The van der Waals surface area contributed by atoms with Crippen molar-refractivity contribution in [2.75, 3.05) is 0 Å². The predicted molar refractivity (Wildman–Crippen MR) is 88.8 cm³/mol. The van der Waals surface area contributed by atoms with E-state index in [4.69, 9.17) is 9.47 Å². The van der Waals surface area contributed by atoms with Crippen molar-refractivity contribution in [3.05, 3.63) is 71.5 Å². The van der Waals surface area contributed by atoms with Crippen molar-refractivity contribution >= 4 is 0 Å². The van der Waals surface area contributed by atoms with E-state index in [-0.39, 0.29) is 0 Å². The standard InChI is InChI=1S/C20H18NO2/c1-13-10-14(2)21(15(3)11-13)16-8-9-19-20(12-16)23-18-7-5-4-6-17(18)22-19/h4-12H,1-3H3/q+1. The van der Waals surface area contributed by atoms with E-state index in [1.165, 1.54) is 17.0 Å². The molecule has 3 heteroatoms. The molecular weight excluding hydrogens is 286 g/mol. The van der Waals surface area contributed by atoms with E-state index < -0.39 is 0 Å². The highest BCUT2D eigenvalue weighted by Gasteiger charge is 2.22. The fraction of sp³-hybridized carbons (Fsp3) is 0.150. The molecule has 0 fully saturated rings. The van der Waals surface area contributed by atoms with E-state index in [9.17, 15) is 0 Å². The van der Waals surface area contributed by atoms with Crippen LogP contribution in [0, 0.1) is 20.8 Å². The number of aryl methyl sites for hydroxylation is 3. The molecule has 0 aliphatic carbocycles. The number of benzene rings is 2. The molecule has 1 aromatic heterocycles. The second kappa shape index (κ2) is 5.13. The molecule has 0 radical (unpaired) electrons. The molecule has 0 saturated carbocycles. The summed E-state index contributed by atoms with van der Waals surface area (Å²) in [5.74, 6) is 2.99. The van der Waals surface area contributed by atoms with Gasteiger partial charge in [0.05, 0.1) is 6.07 Å². The van der Waals surface area contributed by atoms with E-state index in [2.05, 4.69) is 43.5 Å². The molecule has 3 nitrogen and oxygen atoms in total. The Kier molecular flexibility index (Phi) is 3.08. The van der Waals surface area contributed by atoms with Gasteiger partial charge in [0, 0.05) is 32.0 Å². The van der Waals surface area contributed by atoms with Crippen LogP contribution in [0.15, 0.2) is 54.6 Å². The third-order valence-electron chi connectivity index (χ3n) is 4.05. The van der Waals surface area contributed by atoms with Crippen LogP contribution < -0.4 is 14.0 Å². The number of pyridine rings is 1. The van der Waals surface area contributed by atoms with E-state index >= 15 is 0 Å². The molecule has 0 amide bonds. The Morgan fingerprint density at radius 1 is 0.652 bits per heavy atom. The van der Waals surface area contributed by atoms with Crippen molar-refractivity contribution in [2.24, 2.45) is 0 Å². The summed E-state index contributed by atoms with van der Waals surface area (Å²) >= 11 is 0. The van der Waals surface area contributed by atoms with Crippen molar-refractivity contribution < 1.29 is 14.0 Å². The molecule has 0 atom stereocenters. The van der Waals surface area contributed by atoms with Crippen LogP contribution in [0.25, 0.3) is 5.69 Å². The van der Waals surface area contributed by atoms with Gasteiger partial charge in [-0.25, -0.2) is 0 Å². The highest BCUT2D eigenvalue weighted by molar-refractivity contribution is 5.56. The first-order valence-electron chi connectivity index (χ1n) is 7.71. The smallest absolute Gasteiger partial charge is 0.215 e. The maximum atomic E-state index is 6.00. The van der Waals surface area contributed by atoms with Crippen LogP contribution in [-0.2, 0) is 0 Å². The number of nitrogens with zero attached hydrogens (tertiary/aromatic N) is 1. The first kappa shape index (κ1) is 13.8. The van der Waals surface area contributed by atoms with Crippen LogP contribution in [0.4, 0.5) is 0 Å². The first-order valence-corrected chi connectivity index (χ1v) is 7.71. The summed E-state index contributed by atoms with van der Waals surface area (Å²) < 4.78 is 14.1. The van der Waals surface area contributed by atoms with Gasteiger partial charge in [0.25, 0.3) is 0 Å². The van der Waals surface area contributed by atoms with E-state index in [1.807, 2.05) is 36.4 Å². The number of para-hydroxylation sites is 2. The molecule has 0 saturated heterocycles. The second-order valence-electron chi connectivity index (χ2n) is 5.93. The molecule has 0 N–H and O–H groups in total. The van der Waals surface area contributed by atoms with Crippen molar-refractivity contribution in [1.29, 1.82) is 0 Å². The molecular formula is C20H18NO2+. The number of rotatable bonds is 1. The Morgan fingerprint density at radius 2 is 1.22 bits per heavy atom. The molecule has 1 aliphatic heterocycles. The van der Waals surface area contributed by atoms with Gasteiger partial charge in [-0.2, -0.15) is 4.57 Å². The Balaban J connectivity index is 1.81. The molecule has 2 aromatic carbocycles. The van der Waals surface area contributed by atoms with Gasteiger partial charge in [0.2, 0.25) is 5.69 Å². The summed E-state index contributed by atoms with van der Waals surface area (Å²) in [6.07, 6.45) is 0. The molecule has 0 bridgehead atoms. The van der Waals surface area contributed by atoms with Gasteiger partial charge < -0.3 is 9.47 Å². The minimum absolute atomic E-state index is 0.744. The van der Waals surface area contributed by atoms with Crippen LogP contribution in [-0.4, -0.2) is 0 Å². The summed E-state index contributed by atoms with van der Waals surface area (Å²) in [6.45, 7) is 6.35. The van der Waals surface area contributed by atoms with Gasteiger partial charge in [0.1, 0.15) is 0 Å². The van der Waals surface area contributed by atoms with Gasteiger partial charge in [0.15, 0.2) is 34.4 Å². The number of hydrogen-bond acceptors (Lipinski definition) is 2. The average molecular weight is 304 g/mol. The van der Waals surface area contributed by atoms with Crippen molar-refractivity contribution in [2.45, 2.75) is 20.8 Å². The molecule has 23 heavy (non-hydrogen) atoms. The lowest BCUT2D eigenvalue weighted by Gasteiger charge is -2.20. The maximum absolute atomic E-state index is 6.00. The van der Waals surface area contributed by atoms with Gasteiger partial charge in [-0.15, -0.1) is 0 Å². The van der Waals surface area contributed by atoms with E-state index in [0.717, 1.165) is 28.7 Å². The third-order valence-corrected chi connectivity index (χ3v) is 4.05. The minimum atomic E-state index is 0.744. The van der Waals surface area contributed by atoms with Gasteiger partial charge in [-0.05, 0) is 30.7 Å². The summed E-state index contributed by atoms with van der Waals surface area (Å²) in [6, 6.07) is 18.1. The van der Waals surface area contributed by atoms with Gasteiger partial charge >= 0.3 is 0 Å². The van der Waals surface area contributed by atoms with Gasteiger partial charge in [-0.3, -0.25) is 0 Å². The van der Waals surface area contributed by atoms with Crippen molar-refractivity contribution in [3.8, 4) is 28.7 Å². The highest BCUT2D eigenvalue weighted by atomic mass is 16.6. The third kappa shape index (κ3) is 2.34. The summed E-state index contributed by atoms with van der Waals surface area (Å²) in [5.41, 5.74) is 4.73. The summed E-state index contributed by atoms with van der Waals surface area (Å²) in [7, 11) is 0. The summed E-state index contributed by atoms with van der Waals surface area (Å²) in [5, 5.41) is 0. The van der Waals surface area contributed by atoms with Crippen LogP contribution in [0.1, 0.15) is 17.0 Å². The Labute approximate surface area is 135 Å². The maximum Gasteiger partial charge on any atom is 0.215 e. The number of aromatic nitrogens is 1. The number of hydrogen-bond donors (Lipinski definition) is 0. The zero-order valence-electron chi connectivity index (χ0n) is 13.5. The fourth-order valence-corrected chi connectivity index (χ4v) is 3.17. The quantitative estimate of drug-likeness (QED) is 0.472. The lowest BCUT2D eigenvalue weighted by Crippen LogP contribution is -2.37. The molecule has 3 aromatic rings. The van der Waals surface area contributed by atoms with E-state index in [1.54, 1.807) is 0 Å². The average Bonchev–Trinajstić information content (AvgIpc) is 2.52. The molecule has 4 rings (SSSR count). The monoisotopic (exact) mass is 304 g/mol. The molecule has 2 heterocycles. The van der Waals surface area contributed by atoms with E-state index in [0.29, 0.717) is 0 Å². The second-order valence-corrected chi connectivity index (χ2v) is 5.93. The van der Waals surface area contributed by atoms with Gasteiger partial charge in [-0.1, -0.05) is 12.1 Å². The number of fused-ring (bicyclic) bond motifs is 2. The van der Waals surface area contributed by atoms with Crippen LogP contribution in [0.3, 0.4) is 0 Å². The normalized spacial score (nSPS) is 12.0. The largest absolute Gasteiger partial charge is 0.450 e. The van der Waals surface area contributed by atoms with Crippen LogP contribution in [0.5, 0.6) is 23.0 Å². The topological polar surface area (TPSA) is 22.3 Å². The predicted octanol–water partition coefficient (Wildman–Crippen LogP) is 4.79. The molecule has 114 valence electrons. The molecule has 0 spiro atoms. The summed E-state index contributed by atoms with van der Waals surface area (Å²) in [4.78, 5) is 0. The fourth-order valence-electron chi connectivity index (χ4n) is 3.17. The van der Waals surface area contributed by atoms with Crippen molar-refractivity contribution in [3.63, 3.8) is 0 Å². The zero-order valence-corrected chi connectivity index (χ0v) is 13.5. The zero-order chi connectivity index (χ0) is 16.0. The van der Waals surface area contributed by atoms with Crippen LogP contribution in [0.2, 0.25) is 0 Å². The molecule has 0 unspecified atom stereocenters. The minimum Gasteiger partial charge on any atom is -0.450 e. The number of ether oxygens (including phenoxy) is 2. The highest BCUT2D eigenvalue weighted by Crippen LogP contribution is 2.45. The first-order chi connectivity index (χ1) is 11.1. The van der Waals surface area contributed by atoms with Crippen LogP contribution >= 0.6 is 0 Å². The Hall–Kier alpha value is -2.81.